The summed E-state index contributed by atoms with van der Waals surface area (Å²) in [7, 11) is 1.35. The van der Waals surface area contributed by atoms with E-state index in [4.69, 9.17) is 9.47 Å². The first-order valence-electron chi connectivity index (χ1n) is 7.42. The molecule has 2 bridgehead atoms. The normalized spacial score (nSPS) is 35.0. The summed E-state index contributed by atoms with van der Waals surface area (Å²) < 4.78 is 10.9. The first kappa shape index (κ1) is 13.5. The lowest BCUT2D eigenvalue weighted by molar-refractivity contribution is -0.151. The fourth-order valence-electron chi connectivity index (χ4n) is 3.92. The third kappa shape index (κ3) is 1.75. The molecule has 0 radical (unpaired) electrons. The summed E-state index contributed by atoms with van der Waals surface area (Å²) in [6, 6.07) is 9.84. The van der Waals surface area contributed by atoms with Crippen LogP contribution in [0.5, 0.6) is 0 Å². The van der Waals surface area contributed by atoms with Crippen molar-refractivity contribution in [1.82, 2.24) is 4.90 Å². The molecule has 2 saturated heterocycles. The highest BCUT2D eigenvalue weighted by Crippen LogP contribution is 2.52. The number of hydrogen-bond donors (Lipinski definition) is 0. The van der Waals surface area contributed by atoms with E-state index in [-0.39, 0.29) is 18.0 Å². The van der Waals surface area contributed by atoms with E-state index in [0.29, 0.717) is 13.1 Å². The summed E-state index contributed by atoms with van der Waals surface area (Å²) in [4.78, 5) is 26.6. The fourth-order valence-corrected chi connectivity index (χ4v) is 3.92. The molecule has 5 heteroatoms. The minimum atomic E-state index is -0.657. The second kappa shape index (κ2) is 4.68. The van der Waals surface area contributed by atoms with Gasteiger partial charge < -0.3 is 14.4 Å². The number of carbonyl (C=O) groups excluding carboxylic acids is 2. The van der Waals surface area contributed by atoms with Gasteiger partial charge in [0.1, 0.15) is 11.5 Å². The molecule has 1 spiro atoms. The van der Waals surface area contributed by atoms with Crippen LogP contribution in [0.3, 0.4) is 0 Å². The van der Waals surface area contributed by atoms with E-state index in [1.165, 1.54) is 7.11 Å². The van der Waals surface area contributed by atoms with Crippen LogP contribution in [0.4, 0.5) is 0 Å². The molecule has 1 amide bonds. The Morgan fingerprint density at radius 3 is 2.91 bits per heavy atom. The largest absolute Gasteiger partial charge is 0.469 e. The van der Waals surface area contributed by atoms with Gasteiger partial charge in [-0.25, -0.2) is 0 Å². The average Bonchev–Trinajstić information content (AvgIpc) is 3.16. The Balaban J connectivity index is 1.62. The average molecular weight is 299 g/mol. The van der Waals surface area contributed by atoms with E-state index in [1.54, 1.807) is 4.90 Å². The summed E-state index contributed by atoms with van der Waals surface area (Å²) in [5, 5.41) is 0. The number of rotatable bonds is 3. The van der Waals surface area contributed by atoms with Gasteiger partial charge in [0, 0.05) is 6.54 Å². The quantitative estimate of drug-likeness (QED) is 0.620. The molecule has 0 aromatic heterocycles. The van der Waals surface area contributed by atoms with Gasteiger partial charge in [-0.05, 0) is 5.56 Å². The Hall–Kier alpha value is -2.14. The topological polar surface area (TPSA) is 55.8 Å². The van der Waals surface area contributed by atoms with Crippen LogP contribution in [0.15, 0.2) is 42.5 Å². The summed E-state index contributed by atoms with van der Waals surface area (Å²) in [5.41, 5.74) is 0.412. The molecular formula is C17H17NO4. The maximum Gasteiger partial charge on any atom is 0.312 e. The van der Waals surface area contributed by atoms with Crippen LogP contribution in [-0.2, 0) is 25.6 Å². The van der Waals surface area contributed by atoms with Gasteiger partial charge >= 0.3 is 5.97 Å². The van der Waals surface area contributed by atoms with E-state index >= 15 is 0 Å². The maximum absolute atomic E-state index is 12.8. The summed E-state index contributed by atoms with van der Waals surface area (Å²) in [5.74, 6) is -1.37. The second-order valence-electron chi connectivity index (χ2n) is 6.10. The lowest BCUT2D eigenvalue weighted by atomic mass is 9.77. The molecule has 4 rings (SSSR count). The number of amides is 1. The highest BCUT2D eigenvalue weighted by molar-refractivity contribution is 5.91. The van der Waals surface area contributed by atoms with E-state index in [9.17, 15) is 9.59 Å². The SMILES string of the molecule is COC(=O)[C@@H]1[C@H]2C=C[C@@]3(CN(Cc4ccccc4)C(=O)[C@@H]13)O2. The molecule has 2 fully saturated rings. The van der Waals surface area contributed by atoms with Crippen molar-refractivity contribution in [1.29, 1.82) is 0 Å². The number of nitrogens with zero attached hydrogens (tertiary/aromatic N) is 1. The molecule has 3 aliphatic heterocycles. The number of methoxy groups -OCH3 is 1. The van der Waals surface area contributed by atoms with Crippen molar-refractivity contribution >= 4 is 11.9 Å². The van der Waals surface area contributed by atoms with Crippen molar-refractivity contribution in [3.05, 3.63) is 48.0 Å². The van der Waals surface area contributed by atoms with Crippen LogP contribution in [0.1, 0.15) is 5.56 Å². The highest BCUT2D eigenvalue weighted by atomic mass is 16.5. The first-order valence-corrected chi connectivity index (χ1v) is 7.42. The third-order valence-corrected chi connectivity index (χ3v) is 4.87. The predicted octanol–water partition coefficient (Wildman–Crippen LogP) is 1.14. The lowest BCUT2D eigenvalue weighted by Gasteiger charge is -2.22. The highest BCUT2D eigenvalue weighted by Gasteiger charge is 2.67. The minimum Gasteiger partial charge on any atom is -0.469 e. The number of likely N-dealkylation sites (tertiary alicyclic amines) is 1. The predicted molar refractivity (Wildman–Crippen MR) is 77.6 cm³/mol. The van der Waals surface area contributed by atoms with Crippen LogP contribution < -0.4 is 0 Å². The summed E-state index contributed by atoms with van der Waals surface area (Å²) >= 11 is 0. The molecule has 22 heavy (non-hydrogen) atoms. The number of hydrogen-bond acceptors (Lipinski definition) is 4. The van der Waals surface area contributed by atoms with E-state index in [2.05, 4.69) is 0 Å². The van der Waals surface area contributed by atoms with Crippen LogP contribution >= 0.6 is 0 Å². The Bertz CT molecular complexity index is 656. The van der Waals surface area contributed by atoms with Gasteiger partial charge in [-0.15, -0.1) is 0 Å². The Morgan fingerprint density at radius 2 is 2.18 bits per heavy atom. The van der Waals surface area contributed by atoms with Crippen molar-refractivity contribution < 1.29 is 19.1 Å². The van der Waals surface area contributed by atoms with Crippen LogP contribution in [0, 0.1) is 11.8 Å². The molecule has 0 aliphatic carbocycles. The van der Waals surface area contributed by atoms with E-state index in [0.717, 1.165) is 5.56 Å². The molecule has 1 aromatic rings. The first-order chi connectivity index (χ1) is 10.6. The Kier molecular flexibility index (Phi) is 2.87. The zero-order chi connectivity index (χ0) is 15.3. The molecule has 1 aromatic carbocycles. The minimum absolute atomic E-state index is 0.0221. The number of esters is 1. The van der Waals surface area contributed by atoms with E-state index < -0.39 is 17.4 Å². The van der Waals surface area contributed by atoms with Crippen LogP contribution in [0.25, 0.3) is 0 Å². The van der Waals surface area contributed by atoms with Crippen molar-refractivity contribution in [2.75, 3.05) is 13.7 Å². The zero-order valence-corrected chi connectivity index (χ0v) is 12.3. The van der Waals surface area contributed by atoms with Gasteiger partial charge in [-0.1, -0.05) is 42.5 Å². The molecule has 3 aliphatic rings. The van der Waals surface area contributed by atoms with Crippen LogP contribution in [-0.4, -0.2) is 42.1 Å². The van der Waals surface area contributed by atoms with Crippen molar-refractivity contribution in [2.45, 2.75) is 18.2 Å². The van der Waals surface area contributed by atoms with Gasteiger partial charge in [0.2, 0.25) is 5.91 Å². The summed E-state index contributed by atoms with van der Waals surface area (Å²) in [6.07, 6.45) is 3.50. The molecule has 0 saturated carbocycles. The standard InChI is InChI=1S/C17H17NO4/c1-21-16(20)13-12-7-8-17(22-12)10-18(15(19)14(13)17)9-11-5-3-2-4-6-11/h2-8,12-14H,9-10H2,1H3/t12-,13-,14-,17+/m1/s1. The molecule has 0 N–H and O–H groups in total. The molecular weight excluding hydrogens is 282 g/mol. The van der Waals surface area contributed by atoms with E-state index in [1.807, 2.05) is 42.5 Å². The van der Waals surface area contributed by atoms with Gasteiger partial charge in [-0.3, -0.25) is 9.59 Å². The van der Waals surface area contributed by atoms with Gasteiger partial charge in [-0.2, -0.15) is 0 Å². The van der Waals surface area contributed by atoms with Gasteiger partial charge in [0.25, 0.3) is 0 Å². The number of carbonyl (C=O) groups is 2. The smallest absolute Gasteiger partial charge is 0.312 e. The van der Waals surface area contributed by atoms with Gasteiger partial charge in [0.15, 0.2) is 0 Å². The summed E-state index contributed by atoms with van der Waals surface area (Å²) in [6.45, 7) is 1.03. The monoisotopic (exact) mass is 299 g/mol. The fraction of sp³-hybridized carbons (Fsp3) is 0.412. The van der Waals surface area contributed by atoms with Crippen molar-refractivity contribution in [2.24, 2.45) is 11.8 Å². The second-order valence-corrected chi connectivity index (χ2v) is 6.10. The lowest BCUT2D eigenvalue weighted by Crippen LogP contribution is -2.39. The zero-order valence-electron chi connectivity index (χ0n) is 12.3. The number of ether oxygens (including phenoxy) is 2. The molecule has 5 nitrogen and oxygen atoms in total. The maximum atomic E-state index is 12.8. The number of benzene rings is 1. The van der Waals surface area contributed by atoms with Crippen molar-refractivity contribution in [3.8, 4) is 0 Å². The third-order valence-electron chi connectivity index (χ3n) is 4.87. The van der Waals surface area contributed by atoms with Crippen LogP contribution in [0.2, 0.25) is 0 Å². The van der Waals surface area contributed by atoms with Gasteiger partial charge in [0.05, 0.1) is 25.7 Å². The molecule has 3 heterocycles. The molecule has 0 unspecified atom stereocenters. The number of fused-ring (bicyclic) bond motifs is 1. The molecule has 114 valence electrons. The Labute approximate surface area is 128 Å². The molecule has 4 atom stereocenters. The Morgan fingerprint density at radius 1 is 1.41 bits per heavy atom. The van der Waals surface area contributed by atoms with Crippen molar-refractivity contribution in [3.63, 3.8) is 0 Å².